The van der Waals surface area contributed by atoms with Crippen molar-refractivity contribution in [3.8, 4) is 17.1 Å². The number of imidazole rings is 1. The Balaban J connectivity index is 1.97. The van der Waals surface area contributed by atoms with Gasteiger partial charge in [0.1, 0.15) is 5.82 Å². The molecule has 1 aromatic heterocycles. The van der Waals surface area contributed by atoms with Crippen LogP contribution in [0.15, 0.2) is 59.5 Å². The van der Waals surface area contributed by atoms with Gasteiger partial charge in [0.05, 0.1) is 18.0 Å². The Labute approximate surface area is 144 Å². The van der Waals surface area contributed by atoms with Crippen molar-refractivity contribution in [3.05, 3.63) is 66.0 Å². The van der Waals surface area contributed by atoms with Gasteiger partial charge in [-0.2, -0.15) is 0 Å². The zero-order valence-electron chi connectivity index (χ0n) is 13.2. The van der Waals surface area contributed by atoms with Crippen LogP contribution in [0.4, 0.5) is 0 Å². The number of fused-ring (bicyclic) bond motifs is 3. The van der Waals surface area contributed by atoms with E-state index in [1.165, 1.54) is 4.90 Å². The summed E-state index contributed by atoms with van der Waals surface area (Å²) in [6.45, 7) is 2.15. The van der Waals surface area contributed by atoms with Crippen molar-refractivity contribution >= 4 is 17.7 Å². The lowest BCUT2D eigenvalue weighted by molar-refractivity contribution is 0.0519. The topological polar surface area (TPSA) is 44.1 Å². The SMILES string of the molecule is CCOC(=O)c1nc(-c2ccccc2)n2c1CSc1ccccc1-2. The van der Waals surface area contributed by atoms with Gasteiger partial charge in [0, 0.05) is 16.2 Å². The fourth-order valence-electron chi connectivity index (χ4n) is 2.90. The van der Waals surface area contributed by atoms with Crippen LogP contribution in [-0.4, -0.2) is 22.1 Å². The molecule has 0 N–H and O–H groups in total. The first-order valence-corrected chi connectivity index (χ1v) is 8.84. The minimum Gasteiger partial charge on any atom is -0.461 e. The van der Waals surface area contributed by atoms with Gasteiger partial charge in [0.25, 0.3) is 0 Å². The van der Waals surface area contributed by atoms with Crippen molar-refractivity contribution in [2.45, 2.75) is 17.6 Å². The summed E-state index contributed by atoms with van der Waals surface area (Å²) in [5.74, 6) is 1.12. The van der Waals surface area contributed by atoms with Crippen LogP contribution in [0.25, 0.3) is 17.1 Å². The van der Waals surface area contributed by atoms with Gasteiger partial charge in [-0.1, -0.05) is 42.5 Å². The molecule has 0 spiro atoms. The number of carbonyl (C=O) groups is 1. The van der Waals surface area contributed by atoms with Crippen molar-refractivity contribution in [1.29, 1.82) is 0 Å². The molecule has 24 heavy (non-hydrogen) atoms. The first kappa shape index (κ1) is 15.0. The van der Waals surface area contributed by atoms with E-state index in [0.717, 1.165) is 22.8 Å². The van der Waals surface area contributed by atoms with Gasteiger partial charge in [0.15, 0.2) is 5.69 Å². The van der Waals surface area contributed by atoms with Crippen LogP contribution in [0.2, 0.25) is 0 Å². The van der Waals surface area contributed by atoms with Crippen LogP contribution in [-0.2, 0) is 10.5 Å². The number of thioether (sulfide) groups is 1. The Morgan fingerprint density at radius 2 is 1.92 bits per heavy atom. The summed E-state index contributed by atoms with van der Waals surface area (Å²) < 4.78 is 7.30. The van der Waals surface area contributed by atoms with Crippen LogP contribution in [0.5, 0.6) is 0 Å². The van der Waals surface area contributed by atoms with E-state index in [0.29, 0.717) is 18.1 Å². The Kier molecular flexibility index (Phi) is 3.86. The lowest BCUT2D eigenvalue weighted by Gasteiger charge is -2.20. The molecule has 0 bridgehead atoms. The monoisotopic (exact) mass is 336 g/mol. The van der Waals surface area contributed by atoms with Crippen LogP contribution in [0, 0.1) is 0 Å². The molecule has 0 aliphatic carbocycles. The molecule has 5 heteroatoms. The quantitative estimate of drug-likeness (QED) is 0.668. The second-order valence-electron chi connectivity index (χ2n) is 5.41. The molecule has 0 fully saturated rings. The second-order valence-corrected chi connectivity index (χ2v) is 6.43. The number of esters is 1. The maximum atomic E-state index is 12.4. The molecule has 1 aliphatic heterocycles. The summed E-state index contributed by atoms with van der Waals surface area (Å²) in [4.78, 5) is 18.2. The van der Waals surface area contributed by atoms with E-state index in [2.05, 4.69) is 21.7 Å². The minimum absolute atomic E-state index is 0.343. The molecular formula is C19H16N2O2S. The van der Waals surface area contributed by atoms with Crippen molar-refractivity contribution in [2.75, 3.05) is 6.61 Å². The summed E-state index contributed by atoms with van der Waals surface area (Å²) in [7, 11) is 0. The van der Waals surface area contributed by atoms with E-state index in [1.54, 1.807) is 11.8 Å². The molecule has 1 aliphatic rings. The molecular weight excluding hydrogens is 320 g/mol. The fourth-order valence-corrected chi connectivity index (χ4v) is 3.94. The summed E-state index contributed by atoms with van der Waals surface area (Å²) in [6.07, 6.45) is 0. The Morgan fingerprint density at radius 3 is 2.71 bits per heavy atom. The number of hydrogen-bond acceptors (Lipinski definition) is 4. The van der Waals surface area contributed by atoms with Crippen LogP contribution in [0.3, 0.4) is 0 Å². The van der Waals surface area contributed by atoms with E-state index in [-0.39, 0.29) is 5.97 Å². The third-order valence-electron chi connectivity index (χ3n) is 3.94. The highest BCUT2D eigenvalue weighted by Crippen LogP contribution is 2.39. The Hall–Kier alpha value is -2.53. The molecule has 2 aromatic carbocycles. The molecule has 0 unspecified atom stereocenters. The number of nitrogens with zero attached hydrogens (tertiary/aromatic N) is 2. The number of rotatable bonds is 3. The summed E-state index contributed by atoms with van der Waals surface area (Å²) in [6, 6.07) is 18.1. The molecule has 3 aromatic rings. The average Bonchev–Trinajstić information content (AvgIpc) is 3.03. The standard InChI is InChI=1S/C19H16N2O2S/c1-2-23-19(22)17-15-12-24-16-11-7-6-10-14(16)21(15)18(20-17)13-8-4-3-5-9-13/h3-11H,2,12H2,1H3. The number of para-hydroxylation sites is 1. The maximum absolute atomic E-state index is 12.4. The lowest BCUT2D eigenvalue weighted by Crippen LogP contribution is -2.12. The van der Waals surface area contributed by atoms with Gasteiger partial charge in [0.2, 0.25) is 0 Å². The fraction of sp³-hybridized carbons (Fsp3) is 0.158. The van der Waals surface area contributed by atoms with E-state index in [4.69, 9.17) is 4.74 Å². The average molecular weight is 336 g/mol. The van der Waals surface area contributed by atoms with Gasteiger partial charge < -0.3 is 4.74 Å². The number of ether oxygens (including phenoxy) is 1. The Bertz CT molecular complexity index is 903. The first-order valence-electron chi connectivity index (χ1n) is 7.86. The van der Waals surface area contributed by atoms with Gasteiger partial charge >= 0.3 is 5.97 Å². The molecule has 0 radical (unpaired) electrons. The summed E-state index contributed by atoms with van der Waals surface area (Å²) in [5.41, 5.74) is 3.36. The smallest absolute Gasteiger partial charge is 0.358 e. The lowest BCUT2D eigenvalue weighted by atomic mass is 10.2. The van der Waals surface area contributed by atoms with Gasteiger partial charge in [-0.25, -0.2) is 9.78 Å². The van der Waals surface area contributed by atoms with Crippen LogP contribution in [0.1, 0.15) is 23.1 Å². The van der Waals surface area contributed by atoms with E-state index >= 15 is 0 Å². The molecule has 120 valence electrons. The van der Waals surface area contributed by atoms with E-state index < -0.39 is 0 Å². The largest absolute Gasteiger partial charge is 0.461 e. The maximum Gasteiger partial charge on any atom is 0.358 e. The number of aromatic nitrogens is 2. The molecule has 0 saturated carbocycles. The van der Waals surface area contributed by atoms with E-state index in [1.807, 2.05) is 49.4 Å². The molecule has 0 saturated heterocycles. The second kappa shape index (κ2) is 6.17. The highest BCUT2D eigenvalue weighted by molar-refractivity contribution is 7.98. The number of carbonyl (C=O) groups excluding carboxylic acids is 1. The zero-order chi connectivity index (χ0) is 16.5. The van der Waals surface area contributed by atoms with Crippen LogP contribution < -0.4 is 0 Å². The number of hydrogen-bond donors (Lipinski definition) is 0. The normalized spacial score (nSPS) is 12.4. The molecule has 4 rings (SSSR count). The van der Waals surface area contributed by atoms with Gasteiger partial charge in [-0.05, 0) is 19.1 Å². The summed E-state index contributed by atoms with van der Waals surface area (Å²) >= 11 is 1.72. The molecule has 0 amide bonds. The number of benzene rings is 2. The summed E-state index contributed by atoms with van der Waals surface area (Å²) in [5, 5.41) is 0. The third-order valence-corrected chi connectivity index (χ3v) is 5.02. The molecule has 4 nitrogen and oxygen atoms in total. The highest BCUT2D eigenvalue weighted by Gasteiger charge is 2.28. The van der Waals surface area contributed by atoms with Crippen molar-refractivity contribution in [1.82, 2.24) is 9.55 Å². The highest BCUT2D eigenvalue weighted by atomic mass is 32.2. The zero-order valence-corrected chi connectivity index (χ0v) is 14.0. The van der Waals surface area contributed by atoms with Crippen molar-refractivity contribution in [2.24, 2.45) is 0 Å². The van der Waals surface area contributed by atoms with Crippen LogP contribution >= 0.6 is 11.8 Å². The predicted octanol–water partition coefficient (Wildman–Crippen LogP) is 4.32. The van der Waals surface area contributed by atoms with Gasteiger partial charge in [-0.3, -0.25) is 4.57 Å². The minimum atomic E-state index is -0.358. The van der Waals surface area contributed by atoms with Gasteiger partial charge in [-0.15, -0.1) is 11.8 Å². The third kappa shape index (κ3) is 2.41. The predicted molar refractivity (Wildman–Crippen MR) is 94.5 cm³/mol. The van der Waals surface area contributed by atoms with E-state index in [9.17, 15) is 4.79 Å². The first-order chi connectivity index (χ1) is 11.8. The van der Waals surface area contributed by atoms with Crippen molar-refractivity contribution in [3.63, 3.8) is 0 Å². The molecule has 2 heterocycles. The Morgan fingerprint density at radius 1 is 1.17 bits per heavy atom. The van der Waals surface area contributed by atoms with Crippen molar-refractivity contribution < 1.29 is 9.53 Å². The molecule has 0 atom stereocenters.